The van der Waals surface area contributed by atoms with Gasteiger partial charge in [-0.15, -0.1) is 0 Å². The van der Waals surface area contributed by atoms with Crippen molar-refractivity contribution in [1.29, 1.82) is 0 Å². The van der Waals surface area contributed by atoms with Gasteiger partial charge in [-0.2, -0.15) is 0 Å². The van der Waals surface area contributed by atoms with Crippen LogP contribution in [0.5, 0.6) is 0 Å². The summed E-state index contributed by atoms with van der Waals surface area (Å²) in [5, 5.41) is 11.2. The number of nitrogens with zero attached hydrogens (tertiary/aromatic N) is 2. The maximum atomic E-state index is 14.0. The minimum absolute atomic E-state index is 0.0395. The van der Waals surface area contributed by atoms with Gasteiger partial charge in [0.1, 0.15) is 0 Å². The summed E-state index contributed by atoms with van der Waals surface area (Å²) in [5.41, 5.74) is 1.77. The van der Waals surface area contributed by atoms with Crippen molar-refractivity contribution in [2.75, 3.05) is 25.0 Å². The number of likely N-dealkylation sites (tertiary alicyclic amines) is 1. The quantitative estimate of drug-likeness (QED) is 0.418. The molecular weight excluding hydrogens is 313 g/mol. The molecule has 1 unspecified atom stereocenters. The molecule has 9 heteroatoms. The van der Waals surface area contributed by atoms with Gasteiger partial charge < -0.3 is 5.32 Å². The lowest BCUT2D eigenvalue weighted by Gasteiger charge is -2.16. The molecule has 1 aromatic rings. The molecule has 0 aliphatic carbocycles. The highest BCUT2D eigenvalue weighted by atomic mass is 19.3. The van der Waals surface area contributed by atoms with E-state index in [-0.39, 0.29) is 18.4 Å². The average Bonchev–Trinajstić information content (AvgIpc) is 2.93. The lowest BCUT2D eigenvalue weighted by atomic mass is 10.2. The third-order valence-electron chi connectivity index (χ3n) is 3.41. The zero-order chi connectivity index (χ0) is 16.8. The molecule has 0 bridgehead atoms. The number of hydrogen-bond donors (Lipinski definition) is 3. The lowest BCUT2D eigenvalue weighted by Crippen LogP contribution is -2.30. The number of carbonyl (C=O) groups excluding carboxylic acids is 1. The van der Waals surface area contributed by atoms with E-state index in [2.05, 4.69) is 10.3 Å². The molecule has 1 amide bonds. The molecule has 1 fully saturated rings. The van der Waals surface area contributed by atoms with Crippen molar-refractivity contribution in [3.63, 3.8) is 0 Å². The SMILES string of the molecule is O=C(/C=C/c1cnc(NC2CCN(CC(F)F)C2)c(F)c1)NO. The predicted molar refractivity (Wildman–Crippen MR) is 77.6 cm³/mol. The normalized spacial score (nSPS) is 18.7. The number of hydrogen-bond acceptors (Lipinski definition) is 5. The van der Waals surface area contributed by atoms with Crippen molar-refractivity contribution >= 4 is 17.8 Å². The van der Waals surface area contributed by atoms with Crippen LogP contribution in [0.25, 0.3) is 6.08 Å². The fourth-order valence-electron chi connectivity index (χ4n) is 2.36. The van der Waals surface area contributed by atoms with E-state index in [0.29, 0.717) is 25.1 Å². The Balaban J connectivity index is 1.94. The van der Waals surface area contributed by atoms with E-state index in [1.54, 1.807) is 4.90 Å². The number of rotatable bonds is 6. The van der Waals surface area contributed by atoms with Gasteiger partial charge in [0.15, 0.2) is 11.6 Å². The molecule has 1 saturated heterocycles. The summed E-state index contributed by atoms with van der Waals surface area (Å²) >= 11 is 0. The highest BCUT2D eigenvalue weighted by Crippen LogP contribution is 2.18. The van der Waals surface area contributed by atoms with E-state index in [4.69, 9.17) is 5.21 Å². The Labute approximate surface area is 131 Å². The summed E-state index contributed by atoms with van der Waals surface area (Å²) < 4.78 is 38.6. The summed E-state index contributed by atoms with van der Waals surface area (Å²) in [4.78, 5) is 16.4. The fourth-order valence-corrected chi connectivity index (χ4v) is 2.36. The van der Waals surface area contributed by atoms with Crippen molar-refractivity contribution in [3.05, 3.63) is 29.7 Å². The summed E-state index contributed by atoms with van der Waals surface area (Å²) in [6.45, 7) is 0.648. The molecule has 1 atom stereocenters. The van der Waals surface area contributed by atoms with Gasteiger partial charge in [0, 0.05) is 31.4 Å². The Morgan fingerprint density at radius 3 is 3.00 bits per heavy atom. The van der Waals surface area contributed by atoms with Gasteiger partial charge in [-0.05, 0) is 24.1 Å². The van der Waals surface area contributed by atoms with Crippen molar-refractivity contribution < 1.29 is 23.2 Å². The Morgan fingerprint density at radius 1 is 1.57 bits per heavy atom. The van der Waals surface area contributed by atoms with Gasteiger partial charge in [-0.1, -0.05) is 0 Å². The van der Waals surface area contributed by atoms with Gasteiger partial charge in [0.25, 0.3) is 12.3 Å². The summed E-state index contributed by atoms with van der Waals surface area (Å²) in [6, 6.07) is 1.04. The molecule has 0 radical (unpaired) electrons. The number of halogens is 3. The third-order valence-corrected chi connectivity index (χ3v) is 3.41. The van der Waals surface area contributed by atoms with Gasteiger partial charge in [-0.3, -0.25) is 14.9 Å². The van der Waals surface area contributed by atoms with Crippen LogP contribution in [0.3, 0.4) is 0 Å². The molecule has 6 nitrogen and oxygen atoms in total. The van der Waals surface area contributed by atoms with E-state index in [1.807, 2.05) is 0 Å². The van der Waals surface area contributed by atoms with Gasteiger partial charge in [-0.25, -0.2) is 23.6 Å². The molecule has 126 valence electrons. The number of pyridine rings is 1. The third kappa shape index (κ3) is 5.22. The van der Waals surface area contributed by atoms with Crippen LogP contribution in [-0.4, -0.2) is 53.1 Å². The maximum absolute atomic E-state index is 14.0. The zero-order valence-electron chi connectivity index (χ0n) is 12.2. The molecule has 0 saturated carbocycles. The first-order valence-corrected chi connectivity index (χ1v) is 7.02. The lowest BCUT2D eigenvalue weighted by molar-refractivity contribution is -0.124. The first-order chi connectivity index (χ1) is 11.0. The van der Waals surface area contributed by atoms with Crippen LogP contribution in [0.1, 0.15) is 12.0 Å². The summed E-state index contributed by atoms with van der Waals surface area (Å²) in [7, 11) is 0. The first kappa shape index (κ1) is 17.2. The second kappa shape index (κ2) is 7.93. The van der Waals surface area contributed by atoms with Crippen molar-refractivity contribution in [2.45, 2.75) is 18.9 Å². The minimum Gasteiger partial charge on any atom is -0.364 e. The van der Waals surface area contributed by atoms with Gasteiger partial charge >= 0.3 is 0 Å². The van der Waals surface area contributed by atoms with Crippen LogP contribution in [0.2, 0.25) is 0 Å². The number of alkyl halides is 2. The van der Waals surface area contributed by atoms with E-state index in [0.717, 1.165) is 6.08 Å². The van der Waals surface area contributed by atoms with Crippen molar-refractivity contribution in [3.8, 4) is 0 Å². The average molecular weight is 330 g/mol. The van der Waals surface area contributed by atoms with E-state index >= 15 is 0 Å². The van der Waals surface area contributed by atoms with E-state index < -0.39 is 18.1 Å². The fraction of sp³-hybridized carbons (Fsp3) is 0.429. The largest absolute Gasteiger partial charge is 0.364 e. The molecule has 2 rings (SSSR count). The Morgan fingerprint density at radius 2 is 2.35 bits per heavy atom. The summed E-state index contributed by atoms with van der Waals surface area (Å²) in [6.07, 6.45) is 1.93. The number of aromatic nitrogens is 1. The summed E-state index contributed by atoms with van der Waals surface area (Å²) in [5.74, 6) is -1.31. The molecular formula is C14H17F3N4O2. The first-order valence-electron chi connectivity index (χ1n) is 7.02. The molecule has 23 heavy (non-hydrogen) atoms. The molecule has 0 aromatic carbocycles. The van der Waals surface area contributed by atoms with Crippen molar-refractivity contribution in [1.82, 2.24) is 15.4 Å². The second-order valence-corrected chi connectivity index (χ2v) is 5.19. The van der Waals surface area contributed by atoms with Gasteiger partial charge in [0.05, 0.1) is 6.54 Å². The van der Waals surface area contributed by atoms with Crippen LogP contribution < -0.4 is 10.8 Å². The topological polar surface area (TPSA) is 77.5 Å². The van der Waals surface area contributed by atoms with E-state index in [1.165, 1.54) is 23.8 Å². The Bertz CT molecular complexity index is 583. The van der Waals surface area contributed by atoms with Crippen LogP contribution in [0.15, 0.2) is 18.3 Å². The molecule has 1 aromatic heterocycles. The van der Waals surface area contributed by atoms with E-state index in [9.17, 15) is 18.0 Å². The van der Waals surface area contributed by atoms with Crippen LogP contribution in [-0.2, 0) is 4.79 Å². The number of amides is 1. The smallest absolute Gasteiger partial charge is 0.267 e. The van der Waals surface area contributed by atoms with Gasteiger partial charge in [0.2, 0.25) is 0 Å². The minimum atomic E-state index is -2.38. The number of hydroxylamine groups is 1. The predicted octanol–water partition coefficient (Wildman–Crippen LogP) is 1.49. The molecule has 3 N–H and O–H groups in total. The molecule has 1 aliphatic rings. The van der Waals surface area contributed by atoms with Crippen molar-refractivity contribution in [2.24, 2.45) is 0 Å². The zero-order valence-corrected chi connectivity index (χ0v) is 12.2. The molecule has 2 heterocycles. The monoisotopic (exact) mass is 330 g/mol. The second-order valence-electron chi connectivity index (χ2n) is 5.19. The van der Waals surface area contributed by atoms with Crippen LogP contribution in [0, 0.1) is 5.82 Å². The highest BCUT2D eigenvalue weighted by Gasteiger charge is 2.25. The van der Waals surface area contributed by atoms with Crippen LogP contribution in [0.4, 0.5) is 19.0 Å². The number of nitrogens with one attached hydrogen (secondary N) is 2. The Kier molecular flexibility index (Phi) is 5.94. The van der Waals surface area contributed by atoms with Crippen LogP contribution >= 0.6 is 0 Å². The molecule has 0 spiro atoms. The maximum Gasteiger partial charge on any atom is 0.267 e. The standard InChI is InChI=1S/C14H17F3N4O2/c15-11-5-9(1-2-13(22)20-23)6-18-14(11)19-10-3-4-21(7-10)8-12(16)17/h1-2,5-6,10,12,23H,3-4,7-8H2,(H,18,19)(H,20,22)/b2-1+. The highest BCUT2D eigenvalue weighted by molar-refractivity contribution is 5.90. The number of anilines is 1. The molecule has 1 aliphatic heterocycles. The Hall–Kier alpha value is -2.13. The number of carbonyl (C=O) groups is 1.